The van der Waals surface area contributed by atoms with E-state index in [0.717, 1.165) is 23.0 Å². The minimum atomic E-state index is -0.536. The van der Waals surface area contributed by atoms with Crippen molar-refractivity contribution < 1.29 is 9.31 Å². The topological polar surface area (TPSA) is 58.9 Å². The van der Waals surface area contributed by atoms with Gasteiger partial charge in [-0.1, -0.05) is 18.2 Å². The van der Waals surface area contributed by atoms with Gasteiger partial charge >= 0.3 is 0 Å². The smallest absolute Gasteiger partial charge is 0.270 e. The second kappa shape index (κ2) is 4.20. The molecule has 5 heteroatoms. The van der Waals surface area contributed by atoms with E-state index in [-0.39, 0.29) is 11.3 Å². The molecule has 0 aliphatic carbocycles. The van der Waals surface area contributed by atoms with E-state index >= 15 is 0 Å². The molecule has 2 aromatic carbocycles. The number of hydrogen-bond acceptors (Lipinski definition) is 2. The molecule has 0 aliphatic rings. The predicted octanol–water partition coefficient (Wildman–Crippen LogP) is 3.88. The van der Waals surface area contributed by atoms with Crippen LogP contribution in [0.4, 0.5) is 10.1 Å². The highest BCUT2D eigenvalue weighted by atomic mass is 19.1. The van der Waals surface area contributed by atoms with Crippen LogP contribution in [0.1, 0.15) is 0 Å². The van der Waals surface area contributed by atoms with Gasteiger partial charge in [-0.3, -0.25) is 10.1 Å². The van der Waals surface area contributed by atoms with Gasteiger partial charge in [0.15, 0.2) is 0 Å². The molecule has 0 aliphatic heterocycles. The molecule has 0 amide bonds. The molecule has 0 atom stereocenters. The molecule has 0 saturated heterocycles. The first-order chi connectivity index (χ1) is 9.15. The van der Waals surface area contributed by atoms with Gasteiger partial charge in [-0.15, -0.1) is 0 Å². The number of para-hydroxylation sites is 1. The second-order valence-corrected chi connectivity index (χ2v) is 4.19. The van der Waals surface area contributed by atoms with Gasteiger partial charge in [-0.05, 0) is 18.2 Å². The lowest BCUT2D eigenvalue weighted by Gasteiger charge is -2.00. The molecule has 19 heavy (non-hydrogen) atoms. The zero-order valence-corrected chi connectivity index (χ0v) is 9.76. The standard InChI is InChI=1S/C14H9FN2O2/c15-12-6-5-10(17(18)19)8-11(12)14-7-9-3-1-2-4-13(9)16-14/h1-8,16H. The molecule has 0 fully saturated rings. The normalized spacial score (nSPS) is 10.8. The van der Waals surface area contributed by atoms with Gasteiger partial charge in [0, 0.05) is 34.3 Å². The average Bonchev–Trinajstić information content (AvgIpc) is 2.82. The summed E-state index contributed by atoms with van der Waals surface area (Å²) in [5, 5.41) is 11.7. The van der Waals surface area contributed by atoms with Gasteiger partial charge in [0.2, 0.25) is 0 Å². The molecule has 0 unspecified atom stereocenters. The molecule has 1 heterocycles. The molecule has 0 spiro atoms. The van der Waals surface area contributed by atoms with Crippen LogP contribution >= 0.6 is 0 Å². The number of fused-ring (bicyclic) bond motifs is 1. The number of halogens is 1. The van der Waals surface area contributed by atoms with Gasteiger partial charge in [0.25, 0.3) is 5.69 Å². The Kier molecular flexibility index (Phi) is 2.52. The fraction of sp³-hybridized carbons (Fsp3) is 0. The lowest BCUT2D eigenvalue weighted by Crippen LogP contribution is -1.91. The molecule has 1 aromatic heterocycles. The van der Waals surface area contributed by atoms with Crippen LogP contribution in [0.2, 0.25) is 0 Å². The monoisotopic (exact) mass is 256 g/mol. The fourth-order valence-corrected chi connectivity index (χ4v) is 2.05. The largest absolute Gasteiger partial charge is 0.354 e. The van der Waals surface area contributed by atoms with E-state index in [0.29, 0.717) is 5.69 Å². The zero-order chi connectivity index (χ0) is 13.4. The molecule has 3 aromatic rings. The number of benzene rings is 2. The highest BCUT2D eigenvalue weighted by Gasteiger charge is 2.13. The van der Waals surface area contributed by atoms with Crippen LogP contribution < -0.4 is 0 Å². The van der Waals surface area contributed by atoms with Crippen LogP contribution in [0.3, 0.4) is 0 Å². The molecular formula is C14H9FN2O2. The lowest BCUT2D eigenvalue weighted by molar-refractivity contribution is -0.384. The maximum absolute atomic E-state index is 13.8. The quantitative estimate of drug-likeness (QED) is 0.558. The molecule has 0 radical (unpaired) electrons. The first-order valence-electron chi connectivity index (χ1n) is 5.67. The number of nitrogens with zero attached hydrogens (tertiary/aromatic N) is 1. The van der Waals surface area contributed by atoms with Crippen molar-refractivity contribution in [2.24, 2.45) is 0 Å². The maximum Gasteiger partial charge on any atom is 0.270 e. The summed E-state index contributed by atoms with van der Waals surface area (Å²) >= 11 is 0. The Morgan fingerprint density at radius 2 is 1.89 bits per heavy atom. The molecule has 4 nitrogen and oxygen atoms in total. The number of nitro groups is 1. The number of non-ortho nitro benzene ring substituents is 1. The summed E-state index contributed by atoms with van der Waals surface area (Å²) in [5.41, 5.74) is 1.46. The van der Waals surface area contributed by atoms with Crippen LogP contribution in [0.5, 0.6) is 0 Å². The SMILES string of the molecule is O=[N+]([O-])c1ccc(F)c(-c2cc3ccccc3[nH]2)c1. The Bertz CT molecular complexity index is 747. The number of nitro benzene ring substituents is 1. The highest BCUT2D eigenvalue weighted by molar-refractivity contribution is 5.86. The summed E-state index contributed by atoms with van der Waals surface area (Å²) in [7, 11) is 0. The van der Waals surface area contributed by atoms with E-state index < -0.39 is 10.7 Å². The van der Waals surface area contributed by atoms with Crippen LogP contribution in [-0.2, 0) is 0 Å². The van der Waals surface area contributed by atoms with Crippen molar-refractivity contribution in [3.05, 3.63) is 64.5 Å². The van der Waals surface area contributed by atoms with Crippen molar-refractivity contribution in [3.8, 4) is 11.3 Å². The third-order valence-corrected chi connectivity index (χ3v) is 2.98. The molecule has 0 saturated carbocycles. The minimum absolute atomic E-state index is 0.130. The minimum Gasteiger partial charge on any atom is -0.354 e. The zero-order valence-electron chi connectivity index (χ0n) is 9.76. The van der Waals surface area contributed by atoms with Crippen molar-refractivity contribution in [1.29, 1.82) is 0 Å². The summed E-state index contributed by atoms with van der Waals surface area (Å²) < 4.78 is 13.8. The summed E-state index contributed by atoms with van der Waals surface area (Å²) in [6.07, 6.45) is 0. The first-order valence-corrected chi connectivity index (χ1v) is 5.67. The lowest BCUT2D eigenvalue weighted by atomic mass is 10.1. The number of H-pyrrole nitrogens is 1. The average molecular weight is 256 g/mol. The summed E-state index contributed by atoms with van der Waals surface area (Å²) in [6.45, 7) is 0. The van der Waals surface area contributed by atoms with Crippen molar-refractivity contribution in [2.75, 3.05) is 0 Å². The summed E-state index contributed by atoms with van der Waals surface area (Å²) in [6, 6.07) is 12.8. The fourth-order valence-electron chi connectivity index (χ4n) is 2.05. The van der Waals surface area contributed by atoms with Crippen LogP contribution in [0, 0.1) is 15.9 Å². The van der Waals surface area contributed by atoms with E-state index in [9.17, 15) is 14.5 Å². The predicted molar refractivity (Wildman–Crippen MR) is 70.3 cm³/mol. The van der Waals surface area contributed by atoms with Gasteiger partial charge in [-0.2, -0.15) is 0 Å². The number of aromatic amines is 1. The first kappa shape index (κ1) is 11.4. The third-order valence-electron chi connectivity index (χ3n) is 2.98. The van der Waals surface area contributed by atoms with Crippen LogP contribution in [0.25, 0.3) is 22.2 Å². The number of aromatic nitrogens is 1. The van der Waals surface area contributed by atoms with Crippen molar-refractivity contribution in [2.45, 2.75) is 0 Å². The Morgan fingerprint density at radius 3 is 2.63 bits per heavy atom. The highest BCUT2D eigenvalue weighted by Crippen LogP contribution is 2.29. The number of nitrogens with one attached hydrogen (secondary N) is 1. The Labute approximate surface area is 107 Å². The van der Waals surface area contributed by atoms with Gasteiger partial charge in [-0.25, -0.2) is 4.39 Å². The van der Waals surface area contributed by atoms with Crippen LogP contribution in [-0.4, -0.2) is 9.91 Å². The van der Waals surface area contributed by atoms with E-state index in [2.05, 4.69) is 4.98 Å². The van der Waals surface area contributed by atoms with E-state index in [4.69, 9.17) is 0 Å². The molecule has 94 valence electrons. The van der Waals surface area contributed by atoms with E-state index in [1.165, 1.54) is 6.07 Å². The Hall–Kier alpha value is -2.69. The van der Waals surface area contributed by atoms with Gasteiger partial charge in [0.05, 0.1) is 4.92 Å². The summed E-state index contributed by atoms with van der Waals surface area (Å²) in [4.78, 5) is 13.3. The number of hydrogen-bond donors (Lipinski definition) is 1. The van der Waals surface area contributed by atoms with E-state index in [1.54, 1.807) is 6.07 Å². The summed E-state index contributed by atoms with van der Waals surface area (Å²) in [5.74, 6) is -0.489. The van der Waals surface area contributed by atoms with Crippen molar-refractivity contribution >= 4 is 16.6 Å². The molecule has 1 N–H and O–H groups in total. The van der Waals surface area contributed by atoms with Crippen molar-refractivity contribution in [3.63, 3.8) is 0 Å². The molecular weight excluding hydrogens is 247 g/mol. The third kappa shape index (κ3) is 1.95. The second-order valence-electron chi connectivity index (χ2n) is 4.19. The molecule has 0 bridgehead atoms. The number of rotatable bonds is 2. The van der Waals surface area contributed by atoms with Gasteiger partial charge in [0.1, 0.15) is 5.82 Å². The molecule has 3 rings (SSSR count). The van der Waals surface area contributed by atoms with Crippen LogP contribution in [0.15, 0.2) is 48.5 Å². The maximum atomic E-state index is 13.8. The van der Waals surface area contributed by atoms with Crippen molar-refractivity contribution in [1.82, 2.24) is 4.98 Å². The van der Waals surface area contributed by atoms with E-state index in [1.807, 2.05) is 24.3 Å². The Balaban J connectivity index is 2.20. The Morgan fingerprint density at radius 1 is 1.11 bits per heavy atom. The van der Waals surface area contributed by atoms with Gasteiger partial charge < -0.3 is 4.98 Å².